The molecule has 0 aromatic rings. The van der Waals surface area contributed by atoms with E-state index in [-0.39, 0.29) is 0 Å². The first-order valence-corrected chi connectivity index (χ1v) is 27.7. The maximum absolute atomic E-state index is 11.4. The van der Waals surface area contributed by atoms with E-state index in [1.807, 2.05) is 0 Å². The highest BCUT2D eigenvalue weighted by atomic mass is 16.8. The van der Waals surface area contributed by atoms with E-state index in [9.17, 15) is 5.11 Å². The fourth-order valence-corrected chi connectivity index (χ4v) is 8.85. The molecule has 0 spiro atoms. The fourth-order valence-electron chi connectivity index (χ4n) is 8.85. The molecule has 0 fully saturated rings. The van der Waals surface area contributed by atoms with Crippen molar-refractivity contribution in [2.24, 2.45) is 0 Å². The summed E-state index contributed by atoms with van der Waals surface area (Å²) in [6, 6.07) is 0. The molecule has 0 aliphatic rings. The molecule has 0 unspecified atom stereocenters. The summed E-state index contributed by atoms with van der Waals surface area (Å²) >= 11 is 0. The van der Waals surface area contributed by atoms with Crippen LogP contribution in [0.25, 0.3) is 0 Å². The van der Waals surface area contributed by atoms with Gasteiger partial charge in [-0.1, -0.05) is 310 Å². The smallest absolute Gasteiger partial charge is 0.280 e. The summed E-state index contributed by atoms with van der Waals surface area (Å²) < 4.78 is 12.3. The summed E-state index contributed by atoms with van der Waals surface area (Å²) in [6.45, 7) is 8.14. The zero-order chi connectivity index (χ0) is 42.0. The number of hydrogen-bond donors (Lipinski definition) is 1. The third-order valence-corrected chi connectivity index (χ3v) is 13.0. The van der Waals surface area contributed by atoms with Crippen LogP contribution in [0.15, 0.2) is 0 Å². The average molecular weight is 821 g/mol. The van der Waals surface area contributed by atoms with Gasteiger partial charge in [-0.3, -0.25) is 0 Å². The average Bonchev–Trinajstić information content (AvgIpc) is 3.23. The molecule has 0 bridgehead atoms. The summed E-state index contributed by atoms with van der Waals surface area (Å²) in [6.07, 6.45) is 66.3. The van der Waals surface area contributed by atoms with Crippen molar-refractivity contribution in [3.8, 4) is 0 Å². The normalized spacial score (nSPS) is 12.0. The summed E-state index contributed by atoms with van der Waals surface area (Å²) in [5.74, 6) is -1.39. The Hall–Kier alpha value is -0.120. The van der Waals surface area contributed by atoms with Crippen molar-refractivity contribution in [1.82, 2.24) is 0 Å². The maximum atomic E-state index is 11.4. The number of rotatable bonds is 53. The van der Waals surface area contributed by atoms with Gasteiger partial charge in [0.2, 0.25) is 0 Å². The number of unbranched alkanes of at least 4 members (excludes halogenated alkanes) is 45. The Labute approximate surface area is 367 Å². The molecule has 0 rings (SSSR count). The van der Waals surface area contributed by atoms with Gasteiger partial charge in [0.05, 0.1) is 13.2 Å². The Kier molecular flexibility index (Phi) is 51.1. The molecule has 0 aromatic carbocycles. The van der Waals surface area contributed by atoms with Crippen LogP contribution in [0, 0.1) is 0 Å². The molecule has 0 atom stereocenters. The van der Waals surface area contributed by atoms with Crippen molar-refractivity contribution in [2.45, 2.75) is 341 Å². The molecule has 0 radical (unpaired) electrons. The Morgan fingerprint density at radius 1 is 0.224 bits per heavy atom. The lowest BCUT2D eigenvalue weighted by Crippen LogP contribution is -2.36. The number of aliphatic hydroxyl groups is 1. The summed E-state index contributed by atoms with van der Waals surface area (Å²) in [5.41, 5.74) is 0. The van der Waals surface area contributed by atoms with Gasteiger partial charge in [-0.15, -0.1) is 0 Å². The first-order valence-electron chi connectivity index (χ1n) is 27.7. The zero-order valence-electron chi connectivity index (χ0n) is 40.8. The summed E-state index contributed by atoms with van der Waals surface area (Å²) in [5, 5.41) is 11.4. The van der Waals surface area contributed by atoms with Gasteiger partial charge in [-0.2, -0.15) is 0 Å². The van der Waals surface area contributed by atoms with Crippen LogP contribution < -0.4 is 0 Å². The van der Waals surface area contributed by atoms with E-state index in [1.165, 1.54) is 289 Å². The predicted octanol–water partition coefficient (Wildman–Crippen LogP) is 19.8. The molecule has 3 nitrogen and oxygen atoms in total. The second kappa shape index (κ2) is 51.2. The van der Waals surface area contributed by atoms with Crippen LogP contribution in [-0.2, 0) is 9.47 Å². The minimum absolute atomic E-state index is 0.614. The lowest BCUT2D eigenvalue weighted by atomic mass is 10.0. The summed E-state index contributed by atoms with van der Waals surface area (Å²) in [7, 11) is 0. The van der Waals surface area contributed by atoms with Crippen LogP contribution in [0.3, 0.4) is 0 Å². The lowest BCUT2D eigenvalue weighted by molar-refractivity contribution is -0.364. The van der Waals surface area contributed by atoms with Crippen LogP contribution in [0.5, 0.6) is 0 Å². The summed E-state index contributed by atoms with van der Waals surface area (Å²) in [4.78, 5) is 0. The Morgan fingerprint density at radius 2 is 0.379 bits per heavy atom. The second-order valence-corrected chi connectivity index (χ2v) is 19.1. The van der Waals surface area contributed by atoms with Crippen molar-refractivity contribution in [2.75, 3.05) is 13.2 Å². The molecule has 0 saturated heterocycles. The quantitative estimate of drug-likeness (QED) is 0.0491. The highest BCUT2D eigenvalue weighted by Crippen LogP contribution is 2.23. The van der Waals surface area contributed by atoms with E-state index in [4.69, 9.17) is 9.47 Å². The molecule has 1 N–H and O–H groups in total. The van der Waals surface area contributed by atoms with Gasteiger partial charge in [0.25, 0.3) is 5.97 Å². The number of hydrogen-bond acceptors (Lipinski definition) is 3. The van der Waals surface area contributed by atoms with Crippen LogP contribution in [0.4, 0.5) is 0 Å². The van der Waals surface area contributed by atoms with Gasteiger partial charge in [0.15, 0.2) is 0 Å². The first-order chi connectivity index (χ1) is 28.7. The molecule has 350 valence electrons. The number of ether oxygens (including phenoxy) is 2. The van der Waals surface area contributed by atoms with E-state index in [0.29, 0.717) is 19.6 Å². The minimum atomic E-state index is -1.39. The molecule has 3 heteroatoms. The Balaban J connectivity index is 4.08. The molecule has 0 aliphatic heterocycles. The molecule has 0 saturated carbocycles. The third-order valence-electron chi connectivity index (χ3n) is 13.0. The van der Waals surface area contributed by atoms with E-state index in [1.54, 1.807) is 0 Å². The second-order valence-electron chi connectivity index (χ2n) is 19.1. The molecule has 0 heterocycles. The van der Waals surface area contributed by atoms with Gasteiger partial charge in [0, 0.05) is 6.42 Å². The fraction of sp³-hybridized carbons (Fsp3) is 1.00. The van der Waals surface area contributed by atoms with Gasteiger partial charge in [-0.05, 0) is 19.3 Å². The Bertz CT molecular complexity index is 671. The van der Waals surface area contributed by atoms with Crippen molar-refractivity contribution in [3.05, 3.63) is 0 Å². The SMILES string of the molecule is CCCCCCCCCCCCCCCCCCOC(O)(CCCCCCCCCCCCCCCCCC)OCCCCCCCCCCCCCCCCCC. The first kappa shape index (κ1) is 57.9. The van der Waals surface area contributed by atoms with Crippen LogP contribution >= 0.6 is 0 Å². The maximum Gasteiger partial charge on any atom is 0.280 e. The van der Waals surface area contributed by atoms with Crippen molar-refractivity contribution in [3.63, 3.8) is 0 Å². The predicted molar refractivity (Wildman–Crippen MR) is 260 cm³/mol. The van der Waals surface area contributed by atoms with Crippen molar-refractivity contribution < 1.29 is 14.6 Å². The van der Waals surface area contributed by atoms with E-state index in [0.717, 1.165) is 19.3 Å². The molecule has 0 amide bonds. The minimum Gasteiger partial charge on any atom is -0.343 e. The van der Waals surface area contributed by atoms with Crippen LogP contribution in [0.1, 0.15) is 335 Å². The van der Waals surface area contributed by atoms with Crippen molar-refractivity contribution in [1.29, 1.82) is 0 Å². The topological polar surface area (TPSA) is 38.7 Å². The van der Waals surface area contributed by atoms with E-state index in [2.05, 4.69) is 20.8 Å². The largest absolute Gasteiger partial charge is 0.343 e. The highest BCUT2D eigenvalue weighted by Gasteiger charge is 2.28. The highest BCUT2D eigenvalue weighted by molar-refractivity contribution is 4.59. The third kappa shape index (κ3) is 48.5. The van der Waals surface area contributed by atoms with Gasteiger partial charge >= 0.3 is 0 Å². The molecular formula is C55H112O3. The van der Waals surface area contributed by atoms with Gasteiger partial charge in [0.1, 0.15) is 0 Å². The Morgan fingerprint density at radius 3 is 0.569 bits per heavy atom. The zero-order valence-corrected chi connectivity index (χ0v) is 40.8. The molecule has 0 aliphatic carbocycles. The molecule has 0 aromatic heterocycles. The van der Waals surface area contributed by atoms with Crippen LogP contribution in [-0.4, -0.2) is 24.3 Å². The molecule has 58 heavy (non-hydrogen) atoms. The van der Waals surface area contributed by atoms with E-state index < -0.39 is 5.97 Å². The van der Waals surface area contributed by atoms with Crippen molar-refractivity contribution >= 4 is 0 Å². The standard InChI is InChI=1S/C55H112O3/c1-4-7-10-13-16-19-22-25-28-31-34-37-40-43-46-49-52-55(56,57-53-50-47-44-41-38-35-32-29-26-23-20-17-14-11-8-5-2)58-54-51-48-45-42-39-36-33-30-27-24-21-18-15-12-9-6-3/h56H,4-54H2,1-3H3. The van der Waals surface area contributed by atoms with Crippen LogP contribution in [0.2, 0.25) is 0 Å². The van der Waals surface area contributed by atoms with Gasteiger partial charge < -0.3 is 14.6 Å². The molecular weight excluding hydrogens is 709 g/mol. The van der Waals surface area contributed by atoms with Gasteiger partial charge in [-0.25, -0.2) is 0 Å². The van der Waals surface area contributed by atoms with E-state index >= 15 is 0 Å². The lowest BCUT2D eigenvalue weighted by Gasteiger charge is -2.28. The monoisotopic (exact) mass is 821 g/mol.